The molecule has 2 rings (SSSR count). The van der Waals surface area contributed by atoms with Gasteiger partial charge in [0.2, 0.25) is 5.91 Å². The van der Waals surface area contributed by atoms with E-state index in [1.54, 1.807) is 12.1 Å². The minimum absolute atomic E-state index is 0.133. The highest BCUT2D eigenvalue weighted by Crippen LogP contribution is 2.24. The number of hydrogen-bond acceptors (Lipinski definition) is 3. The topological polar surface area (TPSA) is 61.4 Å². The summed E-state index contributed by atoms with van der Waals surface area (Å²) in [5.74, 6) is 2.38. The van der Waals surface area contributed by atoms with Gasteiger partial charge in [0.05, 0.1) is 18.2 Å². The van der Waals surface area contributed by atoms with E-state index in [1.165, 1.54) is 0 Å². The number of carbonyl (C=O) groups is 1. The second-order valence-corrected chi connectivity index (χ2v) is 5.37. The fourth-order valence-electron chi connectivity index (χ4n) is 2.28. The highest BCUT2D eigenvalue weighted by Gasteiger charge is 2.29. The Hall–Kier alpha value is -1.54. The normalized spacial score (nSPS) is 23.1. The van der Waals surface area contributed by atoms with Crippen molar-refractivity contribution in [3.05, 3.63) is 34.3 Å². The van der Waals surface area contributed by atoms with Crippen LogP contribution in [0.3, 0.4) is 0 Å². The van der Waals surface area contributed by atoms with Crippen LogP contribution in [0, 0.1) is 12.3 Å². The van der Waals surface area contributed by atoms with Crippen molar-refractivity contribution < 1.29 is 9.90 Å². The van der Waals surface area contributed by atoms with Gasteiger partial charge in [0.1, 0.15) is 0 Å². The van der Waals surface area contributed by atoms with E-state index in [1.807, 2.05) is 13.0 Å². The average molecular weight is 293 g/mol. The van der Waals surface area contributed by atoms with Crippen molar-refractivity contribution in [3.63, 3.8) is 0 Å². The molecule has 1 fully saturated rings. The van der Waals surface area contributed by atoms with E-state index in [4.69, 9.17) is 18.0 Å². The van der Waals surface area contributed by atoms with Gasteiger partial charge >= 0.3 is 0 Å². The number of aliphatic hydroxyl groups excluding tert-OH is 1. The van der Waals surface area contributed by atoms with E-state index >= 15 is 0 Å². The molecule has 0 bridgehead atoms. The number of carbonyl (C=O) groups excluding carboxylic acids is 1. The minimum atomic E-state index is -0.459. The van der Waals surface area contributed by atoms with Crippen LogP contribution >= 0.6 is 11.6 Å². The second kappa shape index (κ2) is 6.27. The van der Waals surface area contributed by atoms with Gasteiger partial charge in [-0.2, -0.15) is 0 Å². The van der Waals surface area contributed by atoms with Crippen LogP contribution < -0.4 is 10.6 Å². The van der Waals surface area contributed by atoms with Crippen LogP contribution in [0.25, 0.3) is 0 Å². The number of halogens is 1. The van der Waals surface area contributed by atoms with Crippen LogP contribution in [0.5, 0.6) is 0 Å². The number of rotatable bonds is 3. The number of amides is 1. The first-order chi connectivity index (χ1) is 9.51. The van der Waals surface area contributed by atoms with Gasteiger partial charge < -0.3 is 15.7 Å². The second-order valence-electron chi connectivity index (χ2n) is 4.96. The standard InChI is InChI=1S/C15H17ClN2O2/c1-3-10-4-5-12(13(16)6-10)9(2)18-15(20)14-7-11(19)8-17-14/h1,4-6,9,11,14,17,19H,7-8H2,2H3,(H,18,20). The van der Waals surface area contributed by atoms with E-state index < -0.39 is 6.10 Å². The molecule has 1 saturated heterocycles. The first-order valence-corrected chi connectivity index (χ1v) is 6.87. The quantitative estimate of drug-likeness (QED) is 0.734. The van der Waals surface area contributed by atoms with Crippen molar-refractivity contribution in [2.24, 2.45) is 0 Å². The predicted molar refractivity (Wildman–Crippen MR) is 78.4 cm³/mol. The molecule has 4 nitrogen and oxygen atoms in total. The summed E-state index contributed by atoms with van der Waals surface area (Å²) in [7, 11) is 0. The summed E-state index contributed by atoms with van der Waals surface area (Å²) in [4.78, 5) is 12.0. The summed E-state index contributed by atoms with van der Waals surface area (Å²) in [6.45, 7) is 2.31. The molecule has 0 spiro atoms. The van der Waals surface area contributed by atoms with E-state index in [0.29, 0.717) is 23.6 Å². The van der Waals surface area contributed by atoms with Crippen molar-refractivity contribution in [1.82, 2.24) is 10.6 Å². The zero-order valence-electron chi connectivity index (χ0n) is 11.2. The zero-order valence-corrected chi connectivity index (χ0v) is 11.9. The molecule has 20 heavy (non-hydrogen) atoms. The maximum absolute atomic E-state index is 12.0. The number of aliphatic hydroxyl groups is 1. The van der Waals surface area contributed by atoms with Crippen LogP contribution in [-0.2, 0) is 4.79 Å². The fourth-order valence-corrected chi connectivity index (χ4v) is 2.62. The molecule has 0 saturated carbocycles. The van der Waals surface area contributed by atoms with Gasteiger partial charge in [-0.1, -0.05) is 23.6 Å². The molecule has 0 radical (unpaired) electrons. The van der Waals surface area contributed by atoms with Gasteiger partial charge in [-0.05, 0) is 31.0 Å². The highest BCUT2D eigenvalue weighted by atomic mass is 35.5. The van der Waals surface area contributed by atoms with Gasteiger partial charge in [0.15, 0.2) is 0 Å². The molecule has 1 aromatic carbocycles. The molecule has 3 atom stereocenters. The molecule has 1 amide bonds. The molecular weight excluding hydrogens is 276 g/mol. The van der Waals surface area contributed by atoms with E-state index in [0.717, 1.165) is 5.56 Å². The molecule has 1 aliphatic rings. The summed E-state index contributed by atoms with van der Waals surface area (Å²) in [6, 6.07) is 4.75. The molecule has 3 unspecified atom stereocenters. The third kappa shape index (κ3) is 3.31. The maximum Gasteiger partial charge on any atom is 0.237 e. The Balaban J connectivity index is 2.03. The van der Waals surface area contributed by atoms with Gasteiger partial charge in [-0.15, -0.1) is 6.42 Å². The molecule has 106 valence electrons. The van der Waals surface area contributed by atoms with Gasteiger partial charge in [0.25, 0.3) is 0 Å². The van der Waals surface area contributed by atoms with E-state index in [-0.39, 0.29) is 18.0 Å². The number of nitrogens with one attached hydrogen (secondary N) is 2. The largest absolute Gasteiger partial charge is 0.392 e. The lowest BCUT2D eigenvalue weighted by molar-refractivity contribution is -0.123. The first-order valence-electron chi connectivity index (χ1n) is 6.49. The summed E-state index contributed by atoms with van der Waals surface area (Å²) in [5, 5.41) is 15.8. The Bertz CT molecular complexity index is 553. The lowest BCUT2D eigenvalue weighted by Crippen LogP contribution is -2.41. The van der Waals surface area contributed by atoms with Crippen molar-refractivity contribution in [1.29, 1.82) is 0 Å². The van der Waals surface area contributed by atoms with Crippen LogP contribution in [0.2, 0.25) is 5.02 Å². The monoisotopic (exact) mass is 292 g/mol. The first kappa shape index (κ1) is 14.9. The number of terminal acetylenes is 1. The Morgan fingerprint density at radius 3 is 2.95 bits per heavy atom. The van der Waals surface area contributed by atoms with Gasteiger partial charge in [-0.25, -0.2) is 0 Å². The SMILES string of the molecule is C#Cc1ccc(C(C)NC(=O)C2CC(O)CN2)c(Cl)c1. The molecule has 0 aliphatic carbocycles. The fraction of sp³-hybridized carbons (Fsp3) is 0.400. The predicted octanol–water partition coefficient (Wildman–Crippen LogP) is 1.22. The summed E-state index contributed by atoms with van der Waals surface area (Å²) < 4.78 is 0. The van der Waals surface area contributed by atoms with Crippen LogP contribution in [0.4, 0.5) is 0 Å². The zero-order chi connectivity index (χ0) is 14.7. The minimum Gasteiger partial charge on any atom is -0.392 e. The van der Waals surface area contributed by atoms with Crippen molar-refractivity contribution in [2.45, 2.75) is 31.5 Å². The maximum atomic E-state index is 12.0. The molecule has 1 heterocycles. The lowest BCUT2D eigenvalue weighted by Gasteiger charge is -2.18. The summed E-state index contributed by atoms with van der Waals surface area (Å²) in [5.41, 5.74) is 1.52. The molecule has 1 aromatic rings. The summed E-state index contributed by atoms with van der Waals surface area (Å²) in [6.07, 6.45) is 5.29. The number of hydrogen-bond donors (Lipinski definition) is 3. The molecule has 0 aromatic heterocycles. The molecule has 3 N–H and O–H groups in total. The number of β-amino-alcohol motifs (C(OH)–C–C–N with tert-alkyl or cyclic N) is 1. The van der Waals surface area contributed by atoms with Crippen LogP contribution in [0.15, 0.2) is 18.2 Å². The Labute approximate surface area is 123 Å². The van der Waals surface area contributed by atoms with Crippen molar-refractivity contribution >= 4 is 17.5 Å². The molecular formula is C15H17ClN2O2. The Morgan fingerprint density at radius 1 is 1.65 bits per heavy atom. The Morgan fingerprint density at radius 2 is 2.40 bits per heavy atom. The van der Waals surface area contributed by atoms with Gasteiger partial charge in [0, 0.05) is 17.1 Å². The summed E-state index contributed by atoms with van der Waals surface area (Å²) >= 11 is 6.17. The van der Waals surface area contributed by atoms with E-state index in [9.17, 15) is 9.90 Å². The van der Waals surface area contributed by atoms with E-state index in [2.05, 4.69) is 16.6 Å². The third-order valence-electron chi connectivity index (χ3n) is 3.42. The van der Waals surface area contributed by atoms with Crippen molar-refractivity contribution in [3.8, 4) is 12.3 Å². The third-order valence-corrected chi connectivity index (χ3v) is 3.74. The number of benzene rings is 1. The van der Waals surface area contributed by atoms with Crippen molar-refractivity contribution in [2.75, 3.05) is 6.54 Å². The lowest BCUT2D eigenvalue weighted by atomic mass is 10.1. The average Bonchev–Trinajstić information content (AvgIpc) is 2.85. The van der Waals surface area contributed by atoms with Crippen LogP contribution in [-0.4, -0.2) is 29.7 Å². The highest BCUT2D eigenvalue weighted by molar-refractivity contribution is 6.31. The van der Waals surface area contributed by atoms with Crippen LogP contribution in [0.1, 0.15) is 30.5 Å². The Kier molecular flexibility index (Phi) is 4.66. The smallest absolute Gasteiger partial charge is 0.237 e. The molecule has 1 aliphatic heterocycles. The van der Waals surface area contributed by atoms with Gasteiger partial charge in [-0.3, -0.25) is 4.79 Å². The molecule has 5 heteroatoms.